The molecule has 2 rings (SSSR count). The molecule has 0 radical (unpaired) electrons. The zero-order valence-corrected chi connectivity index (χ0v) is 13.8. The molecule has 19 heavy (non-hydrogen) atoms. The zero-order chi connectivity index (χ0) is 13.2. The van der Waals surface area contributed by atoms with Crippen LogP contribution in [0.2, 0.25) is 0 Å². The number of nitrogens with two attached hydrogens (primary N) is 1. The summed E-state index contributed by atoms with van der Waals surface area (Å²) in [6.07, 6.45) is 5.31. The Morgan fingerprint density at radius 1 is 1.16 bits per heavy atom. The maximum absolute atomic E-state index is 6.51. The highest BCUT2D eigenvalue weighted by atomic mass is 35.5. The van der Waals surface area contributed by atoms with Crippen LogP contribution in [0.15, 0.2) is 29.2 Å². The molecule has 3 heteroatoms. The first kappa shape index (κ1) is 16.9. The summed E-state index contributed by atoms with van der Waals surface area (Å²) < 4.78 is 0.242. The van der Waals surface area contributed by atoms with Gasteiger partial charge >= 0.3 is 0 Å². The molecule has 0 aromatic heterocycles. The van der Waals surface area contributed by atoms with Crippen molar-refractivity contribution in [2.24, 2.45) is 11.7 Å². The van der Waals surface area contributed by atoms with Crippen LogP contribution in [0.3, 0.4) is 0 Å². The van der Waals surface area contributed by atoms with Crippen molar-refractivity contribution in [3.63, 3.8) is 0 Å². The molecule has 1 aromatic carbocycles. The van der Waals surface area contributed by atoms with Crippen LogP contribution in [0.1, 0.15) is 58.1 Å². The van der Waals surface area contributed by atoms with E-state index >= 15 is 0 Å². The van der Waals surface area contributed by atoms with Crippen molar-refractivity contribution >= 4 is 24.2 Å². The summed E-state index contributed by atoms with van der Waals surface area (Å²) in [6.45, 7) is 6.78. The van der Waals surface area contributed by atoms with E-state index in [4.69, 9.17) is 5.73 Å². The van der Waals surface area contributed by atoms with Gasteiger partial charge in [0.25, 0.3) is 0 Å². The summed E-state index contributed by atoms with van der Waals surface area (Å²) in [7, 11) is 0. The molecular weight excluding hydrogens is 274 g/mol. The number of hydrogen-bond acceptors (Lipinski definition) is 2. The summed E-state index contributed by atoms with van der Waals surface area (Å²) in [5, 5.41) is 0. The third-order valence-electron chi connectivity index (χ3n) is 3.60. The van der Waals surface area contributed by atoms with Crippen molar-refractivity contribution in [3.05, 3.63) is 29.8 Å². The summed E-state index contributed by atoms with van der Waals surface area (Å²) in [5.74, 6) is 0.687. The minimum absolute atomic E-state index is 0. The quantitative estimate of drug-likeness (QED) is 0.777. The van der Waals surface area contributed by atoms with Gasteiger partial charge in [0.05, 0.1) is 0 Å². The molecule has 0 spiro atoms. The van der Waals surface area contributed by atoms with Crippen LogP contribution >= 0.6 is 24.2 Å². The number of benzene rings is 1. The van der Waals surface area contributed by atoms with E-state index in [0.717, 1.165) is 0 Å². The Morgan fingerprint density at radius 2 is 1.74 bits per heavy atom. The summed E-state index contributed by atoms with van der Waals surface area (Å²) in [6, 6.07) is 8.91. The molecule has 0 unspecified atom stereocenters. The summed E-state index contributed by atoms with van der Waals surface area (Å²) in [4.78, 5) is 1.37. The van der Waals surface area contributed by atoms with E-state index in [-0.39, 0.29) is 23.2 Å². The van der Waals surface area contributed by atoms with Crippen LogP contribution in [0.5, 0.6) is 0 Å². The first-order valence-electron chi connectivity index (χ1n) is 7.01. The lowest BCUT2D eigenvalue weighted by atomic mass is 9.92. The van der Waals surface area contributed by atoms with Crippen LogP contribution in [0, 0.1) is 5.92 Å². The SMILES string of the molecule is CC(C)(C)Sc1ccccc1[C@H](N)C1CCCC1.Cl. The van der Waals surface area contributed by atoms with Crippen molar-refractivity contribution in [2.45, 2.75) is 62.1 Å². The molecule has 1 atom stereocenters. The zero-order valence-electron chi connectivity index (χ0n) is 12.2. The first-order chi connectivity index (χ1) is 8.47. The van der Waals surface area contributed by atoms with Crippen LogP contribution in [0.25, 0.3) is 0 Å². The van der Waals surface area contributed by atoms with Gasteiger partial charge < -0.3 is 5.73 Å². The molecule has 1 saturated carbocycles. The maximum Gasteiger partial charge on any atom is 0.0334 e. The Morgan fingerprint density at radius 3 is 2.32 bits per heavy atom. The van der Waals surface area contributed by atoms with Gasteiger partial charge in [-0.15, -0.1) is 24.2 Å². The Labute approximate surface area is 128 Å². The molecule has 1 nitrogen and oxygen atoms in total. The second-order valence-corrected chi connectivity index (χ2v) is 8.19. The third-order valence-corrected chi connectivity index (χ3v) is 4.81. The van der Waals surface area contributed by atoms with E-state index in [2.05, 4.69) is 45.0 Å². The molecule has 0 amide bonds. The van der Waals surface area contributed by atoms with E-state index in [1.165, 1.54) is 36.1 Å². The van der Waals surface area contributed by atoms with Gasteiger partial charge in [0.2, 0.25) is 0 Å². The van der Waals surface area contributed by atoms with Crippen molar-refractivity contribution in [1.82, 2.24) is 0 Å². The standard InChI is InChI=1S/C16H25NS.ClH/c1-16(2,3)18-14-11-7-6-10-13(14)15(17)12-8-4-5-9-12;/h6-7,10-12,15H,4-5,8-9,17H2,1-3H3;1H/t15-;/m1./s1. The first-order valence-corrected chi connectivity index (χ1v) is 7.82. The van der Waals surface area contributed by atoms with E-state index in [9.17, 15) is 0 Å². The normalized spacial score (nSPS) is 18.1. The molecule has 1 aliphatic carbocycles. The molecule has 1 fully saturated rings. The highest BCUT2D eigenvalue weighted by Gasteiger charge is 2.26. The van der Waals surface area contributed by atoms with Crippen LogP contribution < -0.4 is 5.73 Å². The van der Waals surface area contributed by atoms with Gasteiger partial charge in [0.1, 0.15) is 0 Å². The molecule has 1 aliphatic rings. The predicted octanol–water partition coefficient (Wildman–Crippen LogP) is 5.19. The lowest BCUT2D eigenvalue weighted by molar-refractivity contribution is 0.440. The highest BCUT2D eigenvalue weighted by molar-refractivity contribution is 8.00. The van der Waals surface area contributed by atoms with Gasteiger partial charge in [-0.25, -0.2) is 0 Å². The van der Waals surface area contributed by atoms with E-state index in [0.29, 0.717) is 5.92 Å². The Kier molecular flexibility index (Phi) is 6.22. The average Bonchev–Trinajstić information content (AvgIpc) is 2.80. The second-order valence-electron chi connectivity index (χ2n) is 6.32. The lowest BCUT2D eigenvalue weighted by Gasteiger charge is -2.25. The number of thioether (sulfide) groups is 1. The topological polar surface area (TPSA) is 26.0 Å². The van der Waals surface area contributed by atoms with Gasteiger partial charge in [0, 0.05) is 15.7 Å². The van der Waals surface area contributed by atoms with Crippen molar-refractivity contribution in [1.29, 1.82) is 0 Å². The third kappa shape index (κ3) is 4.70. The largest absolute Gasteiger partial charge is 0.324 e. The molecule has 108 valence electrons. The van der Waals surface area contributed by atoms with Crippen molar-refractivity contribution in [3.8, 4) is 0 Å². The Hall–Kier alpha value is -0.180. The monoisotopic (exact) mass is 299 g/mol. The molecule has 0 heterocycles. The summed E-state index contributed by atoms with van der Waals surface area (Å²) >= 11 is 1.93. The fourth-order valence-electron chi connectivity index (χ4n) is 2.75. The smallest absolute Gasteiger partial charge is 0.0334 e. The van der Waals surface area contributed by atoms with Crippen molar-refractivity contribution < 1.29 is 0 Å². The van der Waals surface area contributed by atoms with Crippen LogP contribution in [-0.2, 0) is 0 Å². The van der Waals surface area contributed by atoms with E-state index < -0.39 is 0 Å². The molecule has 0 aliphatic heterocycles. The van der Waals surface area contributed by atoms with Gasteiger partial charge in [-0.05, 0) is 30.4 Å². The fraction of sp³-hybridized carbons (Fsp3) is 0.625. The Balaban J connectivity index is 0.00000180. The van der Waals surface area contributed by atoms with Crippen LogP contribution in [-0.4, -0.2) is 4.75 Å². The van der Waals surface area contributed by atoms with E-state index in [1.807, 2.05) is 11.8 Å². The molecular formula is C16H26ClNS. The minimum Gasteiger partial charge on any atom is -0.324 e. The Bertz CT molecular complexity index is 394. The molecule has 0 bridgehead atoms. The molecule has 1 aromatic rings. The van der Waals surface area contributed by atoms with Crippen LogP contribution in [0.4, 0.5) is 0 Å². The predicted molar refractivity (Wildman–Crippen MR) is 88.2 cm³/mol. The summed E-state index contributed by atoms with van der Waals surface area (Å²) in [5.41, 5.74) is 7.86. The maximum atomic E-state index is 6.51. The molecule has 0 saturated heterocycles. The lowest BCUT2D eigenvalue weighted by Crippen LogP contribution is -2.20. The number of hydrogen-bond donors (Lipinski definition) is 1. The number of halogens is 1. The second kappa shape index (κ2) is 7.01. The van der Waals surface area contributed by atoms with Gasteiger partial charge in [-0.3, -0.25) is 0 Å². The van der Waals surface area contributed by atoms with E-state index in [1.54, 1.807) is 0 Å². The van der Waals surface area contributed by atoms with Crippen molar-refractivity contribution in [2.75, 3.05) is 0 Å². The van der Waals surface area contributed by atoms with Gasteiger partial charge in [-0.2, -0.15) is 0 Å². The fourth-order valence-corrected chi connectivity index (χ4v) is 3.88. The van der Waals surface area contributed by atoms with Gasteiger partial charge in [0.15, 0.2) is 0 Å². The van der Waals surface area contributed by atoms with Gasteiger partial charge in [-0.1, -0.05) is 51.8 Å². The molecule has 2 N–H and O–H groups in total. The highest BCUT2D eigenvalue weighted by Crippen LogP contribution is 2.40. The number of rotatable bonds is 3. The average molecular weight is 300 g/mol. The minimum atomic E-state index is 0.